The van der Waals surface area contributed by atoms with Crippen LogP contribution in [0.3, 0.4) is 0 Å². The predicted molar refractivity (Wildman–Crippen MR) is 81.1 cm³/mol. The van der Waals surface area contributed by atoms with Crippen molar-refractivity contribution >= 4 is 35.5 Å². The molecule has 5 nitrogen and oxygen atoms in total. The topological polar surface area (TPSA) is 69.6 Å². The van der Waals surface area contributed by atoms with Gasteiger partial charge in [0.15, 0.2) is 0 Å². The van der Waals surface area contributed by atoms with E-state index in [1.807, 2.05) is 18.7 Å². The van der Waals surface area contributed by atoms with Crippen molar-refractivity contribution in [2.75, 3.05) is 29.6 Å². The van der Waals surface area contributed by atoms with Gasteiger partial charge in [-0.2, -0.15) is 23.5 Å². The molecule has 2 atom stereocenters. The molecule has 1 rings (SSSR count). The third-order valence-electron chi connectivity index (χ3n) is 2.94. The second-order valence-corrected chi connectivity index (χ2v) is 7.00. The molecule has 2 unspecified atom stereocenters. The summed E-state index contributed by atoms with van der Waals surface area (Å²) in [5.74, 6) is 2.44. The molecule has 19 heavy (non-hydrogen) atoms. The Morgan fingerprint density at radius 1 is 1.58 bits per heavy atom. The van der Waals surface area contributed by atoms with Crippen LogP contribution in [0.2, 0.25) is 0 Å². The molecule has 0 bridgehead atoms. The third-order valence-corrected chi connectivity index (χ3v) is 4.90. The summed E-state index contributed by atoms with van der Waals surface area (Å²) in [6, 6.07) is -0.867. The summed E-state index contributed by atoms with van der Waals surface area (Å²) in [6.45, 7) is 4.57. The SMILES string of the molecule is CCSCCC(C)NC(=O)N1CCSCC1C(=O)O. The molecule has 0 radical (unpaired) electrons. The first-order valence-corrected chi connectivity index (χ1v) is 8.82. The molecule has 1 fully saturated rings. The van der Waals surface area contributed by atoms with Crippen LogP contribution in [0, 0.1) is 0 Å². The van der Waals surface area contributed by atoms with E-state index in [1.165, 1.54) is 4.90 Å². The normalized spacial score (nSPS) is 20.9. The number of carbonyl (C=O) groups is 2. The van der Waals surface area contributed by atoms with Crippen molar-refractivity contribution in [2.24, 2.45) is 0 Å². The van der Waals surface area contributed by atoms with Gasteiger partial charge in [-0.1, -0.05) is 6.92 Å². The average Bonchev–Trinajstić information content (AvgIpc) is 2.39. The molecule has 110 valence electrons. The van der Waals surface area contributed by atoms with E-state index in [1.54, 1.807) is 11.8 Å². The summed E-state index contributed by atoms with van der Waals surface area (Å²) in [7, 11) is 0. The lowest BCUT2D eigenvalue weighted by Gasteiger charge is -2.33. The highest BCUT2D eigenvalue weighted by Crippen LogP contribution is 2.17. The molecule has 0 aromatic heterocycles. The number of carboxylic acids is 1. The van der Waals surface area contributed by atoms with Gasteiger partial charge in [-0.15, -0.1) is 0 Å². The minimum Gasteiger partial charge on any atom is -0.480 e. The van der Waals surface area contributed by atoms with Crippen LogP contribution in [0.15, 0.2) is 0 Å². The molecule has 0 saturated carbocycles. The molecule has 7 heteroatoms. The zero-order valence-corrected chi connectivity index (χ0v) is 13.1. The van der Waals surface area contributed by atoms with Crippen molar-refractivity contribution in [3.8, 4) is 0 Å². The first-order valence-electron chi connectivity index (χ1n) is 6.51. The first kappa shape index (κ1) is 16.5. The van der Waals surface area contributed by atoms with Crippen LogP contribution in [0.5, 0.6) is 0 Å². The largest absolute Gasteiger partial charge is 0.480 e. The summed E-state index contributed by atoms with van der Waals surface area (Å²) < 4.78 is 0. The van der Waals surface area contributed by atoms with Gasteiger partial charge in [-0.3, -0.25) is 0 Å². The number of urea groups is 1. The Hall–Kier alpha value is -0.560. The lowest BCUT2D eigenvalue weighted by Crippen LogP contribution is -2.55. The Morgan fingerprint density at radius 2 is 2.32 bits per heavy atom. The van der Waals surface area contributed by atoms with Crippen LogP contribution in [0.25, 0.3) is 0 Å². The van der Waals surface area contributed by atoms with E-state index in [0.717, 1.165) is 23.7 Å². The van der Waals surface area contributed by atoms with E-state index in [0.29, 0.717) is 12.3 Å². The Labute approximate surface area is 122 Å². The van der Waals surface area contributed by atoms with Gasteiger partial charge in [0.25, 0.3) is 0 Å². The standard InChI is InChI=1S/C12H22N2O3S2/c1-3-18-6-4-9(2)13-12(17)14-5-7-19-8-10(14)11(15)16/h9-10H,3-8H2,1-2H3,(H,13,17)(H,15,16). The number of carboxylic acid groups (broad SMARTS) is 1. The maximum Gasteiger partial charge on any atom is 0.327 e. The minimum atomic E-state index is -0.920. The van der Waals surface area contributed by atoms with Crippen LogP contribution in [0.4, 0.5) is 4.79 Å². The minimum absolute atomic E-state index is 0.0792. The van der Waals surface area contributed by atoms with Crippen LogP contribution in [0.1, 0.15) is 20.3 Å². The molecule has 2 N–H and O–H groups in total. The van der Waals surface area contributed by atoms with Crippen molar-refractivity contribution in [3.05, 3.63) is 0 Å². The fraction of sp³-hybridized carbons (Fsp3) is 0.833. The van der Waals surface area contributed by atoms with Gasteiger partial charge < -0.3 is 15.3 Å². The van der Waals surface area contributed by atoms with Gasteiger partial charge in [0.05, 0.1) is 0 Å². The molecule has 2 amide bonds. The summed E-state index contributed by atoms with van der Waals surface area (Å²) in [5, 5.41) is 12.0. The van der Waals surface area contributed by atoms with Crippen molar-refractivity contribution in [1.29, 1.82) is 0 Å². The highest BCUT2D eigenvalue weighted by Gasteiger charge is 2.32. The van der Waals surface area contributed by atoms with Crippen LogP contribution < -0.4 is 5.32 Å². The van der Waals surface area contributed by atoms with E-state index >= 15 is 0 Å². The van der Waals surface area contributed by atoms with E-state index < -0.39 is 12.0 Å². The lowest BCUT2D eigenvalue weighted by molar-refractivity contribution is -0.141. The number of nitrogens with zero attached hydrogens (tertiary/aromatic N) is 1. The number of nitrogens with one attached hydrogen (secondary N) is 1. The number of thioether (sulfide) groups is 2. The van der Waals surface area contributed by atoms with Gasteiger partial charge in [-0.25, -0.2) is 9.59 Å². The van der Waals surface area contributed by atoms with Crippen molar-refractivity contribution in [2.45, 2.75) is 32.4 Å². The molecule has 1 aliphatic heterocycles. The summed E-state index contributed by atoms with van der Waals surface area (Å²) in [6.07, 6.45) is 0.907. The van der Waals surface area contributed by atoms with E-state index in [-0.39, 0.29) is 12.1 Å². The van der Waals surface area contributed by atoms with Gasteiger partial charge in [0.1, 0.15) is 6.04 Å². The molecule has 0 aromatic carbocycles. The predicted octanol–water partition coefficient (Wildman–Crippen LogP) is 1.73. The number of amides is 2. The quantitative estimate of drug-likeness (QED) is 0.731. The van der Waals surface area contributed by atoms with Gasteiger partial charge in [-0.05, 0) is 24.9 Å². The van der Waals surface area contributed by atoms with Crippen molar-refractivity contribution < 1.29 is 14.7 Å². The summed E-state index contributed by atoms with van der Waals surface area (Å²) >= 11 is 3.42. The van der Waals surface area contributed by atoms with Crippen LogP contribution in [-0.2, 0) is 4.79 Å². The summed E-state index contributed by atoms with van der Waals surface area (Å²) in [4.78, 5) is 24.7. The smallest absolute Gasteiger partial charge is 0.327 e. The average molecular weight is 306 g/mol. The maximum atomic E-state index is 12.1. The highest BCUT2D eigenvalue weighted by molar-refractivity contribution is 7.99. The second-order valence-electron chi connectivity index (χ2n) is 4.46. The monoisotopic (exact) mass is 306 g/mol. The zero-order chi connectivity index (χ0) is 14.3. The Morgan fingerprint density at radius 3 is 2.95 bits per heavy atom. The molecule has 0 aromatic rings. The van der Waals surface area contributed by atoms with E-state index in [9.17, 15) is 9.59 Å². The number of rotatable bonds is 6. The molecule has 1 saturated heterocycles. The third kappa shape index (κ3) is 5.52. The maximum absolute atomic E-state index is 12.1. The molecule has 1 aliphatic rings. The number of aliphatic carboxylic acids is 1. The fourth-order valence-electron chi connectivity index (χ4n) is 1.82. The molecular weight excluding hydrogens is 284 g/mol. The number of carbonyl (C=O) groups excluding carboxylic acids is 1. The van der Waals surface area contributed by atoms with Crippen molar-refractivity contribution in [3.63, 3.8) is 0 Å². The van der Waals surface area contributed by atoms with Gasteiger partial charge in [0, 0.05) is 24.1 Å². The first-order chi connectivity index (χ1) is 9.06. The Bertz CT molecular complexity index is 315. The van der Waals surface area contributed by atoms with Crippen LogP contribution in [-0.4, -0.2) is 63.6 Å². The van der Waals surface area contributed by atoms with Crippen LogP contribution >= 0.6 is 23.5 Å². The number of hydrogen-bond donors (Lipinski definition) is 2. The Balaban J connectivity index is 2.43. The van der Waals surface area contributed by atoms with Gasteiger partial charge >= 0.3 is 12.0 Å². The summed E-state index contributed by atoms with van der Waals surface area (Å²) in [5.41, 5.74) is 0. The van der Waals surface area contributed by atoms with Crippen molar-refractivity contribution in [1.82, 2.24) is 10.2 Å². The number of hydrogen-bond acceptors (Lipinski definition) is 4. The Kier molecular flexibility index (Phi) is 7.45. The zero-order valence-electron chi connectivity index (χ0n) is 11.4. The van der Waals surface area contributed by atoms with Gasteiger partial charge in [0.2, 0.25) is 0 Å². The lowest BCUT2D eigenvalue weighted by atomic mass is 10.2. The second kappa shape index (κ2) is 8.58. The highest BCUT2D eigenvalue weighted by atomic mass is 32.2. The van der Waals surface area contributed by atoms with E-state index in [2.05, 4.69) is 12.2 Å². The molecule has 0 aliphatic carbocycles. The molecular formula is C12H22N2O3S2. The fourth-order valence-corrected chi connectivity index (χ4v) is 3.67. The molecule has 0 spiro atoms. The molecule has 1 heterocycles. The van der Waals surface area contributed by atoms with E-state index in [4.69, 9.17) is 5.11 Å².